The summed E-state index contributed by atoms with van der Waals surface area (Å²) in [7, 11) is 0. The summed E-state index contributed by atoms with van der Waals surface area (Å²) in [5.74, 6) is 2.49. The summed E-state index contributed by atoms with van der Waals surface area (Å²) in [5.41, 5.74) is 13.7. The van der Waals surface area contributed by atoms with E-state index in [9.17, 15) is 0 Å². The number of aromatic nitrogens is 4. The molecule has 0 bridgehead atoms. The van der Waals surface area contributed by atoms with E-state index < -0.39 is 0 Å². The first-order valence-corrected chi connectivity index (χ1v) is 17.6. The van der Waals surface area contributed by atoms with Crippen molar-refractivity contribution in [3.8, 4) is 34.1 Å². The predicted octanol–water partition coefficient (Wildman–Crippen LogP) is 11.4. The van der Waals surface area contributed by atoms with Crippen LogP contribution < -0.4 is 4.74 Å². The van der Waals surface area contributed by atoms with Gasteiger partial charge in [0, 0.05) is 35.0 Å². The molecule has 0 aliphatic heterocycles. The zero-order valence-electron chi connectivity index (χ0n) is 30.0. The Morgan fingerprint density at radius 2 is 1.50 bits per heavy atom. The van der Waals surface area contributed by atoms with E-state index in [1.165, 1.54) is 38.9 Å². The predicted molar refractivity (Wildman–Crippen MR) is 202 cm³/mol. The van der Waals surface area contributed by atoms with Crippen LogP contribution in [0, 0.1) is 32.9 Å². The molecule has 50 heavy (non-hydrogen) atoms. The molecule has 0 atom stereocenters. The van der Waals surface area contributed by atoms with Crippen LogP contribution in [-0.2, 0) is 33.9 Å². The van der Waals surface area contributed by atoms with Crippen LogP contribution in [0.15, 0.2) is 85.3 Å². The van der Waals surface area contributed by atoms with E-state index in [4.69, 9.17) is 14.8 Å². The number of benzene rings is 4. The fraction of sp³-hybridized carbons (Fsp3) is 0.273. The largest absolute Gasteiger partial charge is 2.00 e. The van der Waals surface area contributed by atoms with Gasteiger partial charge in [0.1, 0.15) is 5.82 Å². The second-order valence-corrected chi connectivity index (χ2v) is 13.4. The van der Waals surface area contributed by atoms with Gasteiger partial charge in [0.15, 0.2) is 0 Å². The molecule has 0 aliphatic rings. The normalized spacial score (nSPS) is 11.4. The average molecular weight is 840 g/mol. The topological polar surface area (TPSA) is 44.9 Å². The maximum atomic E-state index is 6.45. The molecule has 0 saturated heterocycles. The maximum absolute atomic E-state index is 6.45. The van der Waals surface area contributed by atoms with Gasteiger partial charge in [-0.3, -0.25) is 4.68 Å². The molecule has 0 aliphatic carbocycles. The summed E-state index contributed by atoms with van der Waals surface area (Å²) in [4.78, 5) is 4.78. The number of hydrogen-bond acceptors (Lipinski definition) is 3. The van der Waals surface area contributed by atoms with Crippen LogP contribution >= 0.6 is 0 Å². The molecule has 0 spiro atoms. The molecule has 0 unspecified atom stereocenters. The van der Waals surface area contributed by atoms with Crippen LogP contribution in [0.3, 0.4) is 0 Å². The Labute approximate surface area is 310 Å². The molecular weight excluding hydrogens is 796 g/mol. The van der Waals surface area contributed by atoms with E-state index in [1.54, 1.807) is 0 Å². The Bertz CT molecular complexity index is 2280. The zero-order chi connectivity index (χ0) is 34.2. The van der Waals surface area contributed by atoms with Crippen LogP contribution in [0.2, 0.25) is 0 Å². The second kappa shape index (κ2) is 14.8. The van der Waals surface area contributed by atoms with Crippen molar-refractivity contribution in [3.05, 3.63) is 131 Å². The minimum Gasteiger partial charge on any atom is -0.509 e. The van der Waals surface area contributed by atoms with E-state index in [1.807, 2.05) is 41.3 Å². The Morgan fingerprint density at radius 1 is 0.780 bits per heavy atom. The van der Waals surface area contributed by atoms with E-state index in [0.29, 0.717) is 17.4 Å². The molecule has 7 rings (SSSR count). The number of para-hydroxylation sites is 1. The number of rotatable bonds is 10. The van der Waals surface area contributed by atoms with Gasteiger partial charge in [0.05, 0.1) is 6.20 Å². The van der Waals surface area contributed by atoms with Gasteiger partial charge in [-0.25, -0.2) is 4.98 Å². The van der Waals surface area contributed by atoms with E-state index in [-0.39, 0.29) is 21.1 Å². The number of hydrogen-bond donors (Lipinski definition) is 0. The number of ether oxygens (including phenoxy) is 1. The Balaban J connectivity index is 0.00000432. The first-order valence-electron chi connectivity index (χ1n) is 17.6. The van der Waals surface area contributed by atoms with Crippen molar-refractivity contribution < 1.29 is 25.8 Å². The molecule has 3 heterocycles. The molecule has 5 nitrogen and oxygen atoms in total. The van der Waals surface area contributed by atoms with Crippen molar-refractivity contribution in [1.29, 1.82) is 0 Å². The molecule has 0 amide bonds. The van der Waals surface area contributed by atoms with Crippen molar-refractivity contribution in [2.24, 2.45) is 0 Å². The van der Waals surface area contributed by atoms with Gasteiger partial charge in [0.2, 0.25) is 0 Å². The quantitative estimate of drug-likeness (QED) is 0.129. The molecule has 0 saturated carbocycles. The Kier molecular flexibility index (Phi) is 10.5. The molecule has 4 aromatic carbocycles. The maximum Gasteiger partial charge on any atom is 2.00 e. The van der Waals surface area contributed by atoms with Crippen molar-refractivity contribution in [2.45, 2.75) is 80.1 Å². The van der Waals surface area contributed by atoms with Crippen LogP contribution in [0.1, 0.15) is 79.8 Å². The molecule has 0 radical (unpaired) electrons. The first-order chi connectivity index (χ1) is 23.8. The molecule has 0 fully saturated rings. The van der Waals surface area contributed by atoms with Gasteiger partial charge in [-0.1, -0.05) is 64.3 Å². The number of pyridine rings is 1. The summed E-state index contributed by atoms with van der Waals surface area (Å²) in [6.45, 7) is 15.8. The molecule has 6 heteroatoms. The minimum absolute atomic E-state index is 0. The molecular formula is C44H44N4OPt. The molecule has 7 aromatic rings. The van der Waals surface area contributed by atoms with Gasteiger partial charge >= 0.3 is 21.1 Å². The third kappa shape index (κ3) is 6.44. The molecule has 0 N–H and O–H groups in total. The monoisotopic (exact) mass is 839 g/mol. The first kappa shape index (κ1) is 35.4. The van der Waals surface area contributed by atoms with Crippen molar-refractivity contribution >= 4 is 21.8 Å². The molecule has 3 aromatic heterocycles. The van der Waals surface area contributed by atoms with Crippen LogP contribution in [0.25, 0.3) is 44.4 Å². The fourth-order valence-corrected chi connectivity index (χ4v) is 7.18. The van der Waals surface area contributed by atoms with Crippen LogP contribution in [-0.4, -0.2) is 19.3 Å². The summed E-state index contributed by atoms with van der Waals surface area (Å²) in [5, 5.41) is 7.10. The Morgan fingerprint density at radius 3 is 2.22 bits per heavy atom. The van der Waals surface area contributed by atoms with E-state index in [0.717, 1.165) is 64.6 Å². The number of nitrogens with zero attached hydrogens (tertiary/aromatic N) is 4. The van der Waals surface area contributed by atoms with Gasteiger partial charge in [-0.05, 0) is 108 Å². The van der Waals surface area contributed by atoms with Crippen molar-refractivity contribution in [2.75, 3.05) is 0 Å². The van der Waals surface area contributed by atoms with Crippen LogP contribution in [0.4, 0.5) is 0 Å². The minimum atomic E-state index is 0. The van der Waals surface area contributed by atoms with Crippen LogP contribution in [0.5, 0.6) is 11.5 Å². The smallest absolute Gasteiger partial charge is 0.509 e. The zero-order valence-corrected chi connectivity index (χ0v) is 32.3. The standard InChI is InChI=1S/C44H44N4O.Pt/c1-8-13-37-30(6)29(5)31(7)38(14-9-2)44(37)33-26-46-47(27-33)34-15-12-16-35(24-34)49-36-19-20-40-39-17-10-11-18-41(39)48(42(40)25-36)43-23-32(28(3)4)21-22-45-43;/h10-12,15-23,26-28H,8-9,13-14H2,1-7H3;/q-2;+2. The summed E-state index contributed by atoms with van der Waals surface area (Å²) < 4.78 is 10.5. The summed E-state index contributed by atoms with van der Waals surface area (Å²) in [6, 6.07) is 29.8. The van der Waals surface area contributed by atoms with Crippen molar-refractivity contribution in [3.63, 3.8) is 0 Å². The van der Waals surface area contributed by atoms with Crippen molar-refractivity contribution in [1.82, 2.24) is 19.3 Å². The molecule has 256 valence electrons. The van der Waals surface area contributed by atoms with Gasteiger partial charge in [-0.15, -0.1) is 35.7 Å². The third-order valence-corrected chi connectivity index (χ3v) is 9.95. The van der Waals surface area contributed by atoms with Gasteiger partial charge in [-0.2, -0.15) is 17.2 Å². The van der Waals surface area contributed by atoms with Gasteiger partial charge < -0.3 is 9.30 Å². The third-order valence-electron chi connectivity index (χ3n) is 9.95. The fourth-order valence-electron chi connectivity index (χ4n) is 7.18. The SMILES string of the molecule is CCCc1c(C)c(C)c(C)c(CCC)c1-c1cnn(-c2[c-]c(Oc3[c-]c4c(cc3)c3ccccc3n4-c3cc(C(C)C)ccn3)ccc2)c1.[Pt+2]. The summed E-state index contributed by atoms with van der Waals surface area (Å²) >= 11 is 0. The number of fused-ring (bicyclic) bond motifs is 3. The van der Waals surface area contributed by atoms with E-state index in [2.05, 4.69) is 114 Å². The van der Waals surface area contributed by atoms with Gasteiger partial charge in [0.25, 0.3) is 0 Å². The average Bonchev–Trinajstić information content (AvgIpc) is 3.73. The Hall–Kier alpha value is -4.47. The summed E-state index contributed by atoms with van der Waals surface area (Å²) in [6.07, 6.45) is 10.4. The second-order valence-electron chi connectivity index (χ2n) is 13.4. The van der Waals surface area contributed by atoms with E-state index >= 15 is 0 Å².